The first-order chi connectivity index (χ1) is 15.6. The maximum Gasteiger partial charge on any atom is 0.321 e. The molecule has 1 aliphatic rings. The molecular formula is C24H24FN5O2. The number of anilines is 2. The highest BCUT2D eigenvalue weighted by Crippen LogP contribution is 2.27. The quantitative estimate of drug-likeness (QED) is 0.660. The van der Waals surface area contributed by atoms with Gasteiger partial charge in [0.2, 0.25) is 0 Å². The molecule has 0 unspecified atom stereocenters. The molecule has 164 valence electrons. The fourth-order valence-corrected chi connectivity index (χ4v) is 3.81. The Labute approximate surface area is 186 Å². The van der Waals surface area contributed by atoms with Crippen molar-refractivity contribution in [2.75, 3.05) is 43.0 Å². The lowest BCUT2D eigenvalue weighted by atomic mass is 10.1. The number of hydrogen-bond donors (Lipinski definition) is 1. The number of nitrogens with one attached hydrogen (secondary N) is 1. The number of aromatic nitrogens is 1. The molecular weight excluding hydrogens is 409 g/mol. The number of halogens is 1. The molecule has 1 aliphatic heterocycles. The van der Waals surface area contributed by atoms with Crippen LogP contribution in [-0.2, 0) is 0 Å². The largest absolute Gasteiger partial charge is 0.494 e. The highest BCUT2D eigenvalue weighted by Gasteiger charge is 2.22. The molecule has 2 heterocycles. The average molecular weight is 433 g/mol. The van der Waals surface area contributed by atoms with Crippen LogP contribution in [0.4, 0.5) is 20.7 Å². The second-order valence-corrected chi connectivity index (χ2v) is 7.50. The van der Waals surface area contributed by atoms with Crippen LogP contribution in [0.5, 0.6) is 5.75 Å². The van der Waals surface area contributed by atoms with E-state index in [1.54, 1.807) is 17.0 Å². The van der Waals surface area contributed by atoms with Crippen molar-refractivity contribution in [2.24, 2.45) is 0 Å². The summed E-state index contributed by atoms with van der Waals surface area (Å²) in [5, 5.41) is 13.2. The summed E-state index contributed by atoms with van der Waals surface area (Å²) in [5.74, 6) is 0.883. The monoisotopic (exact) mass is 433 g/mol. The summed E-state index contributed by atoms with van der Waals surface area (Å²) in [6.45, 7) is 4.64. The Morgan fingerprint density at radius 3 is 2.81 bits per heavy atom. The minimum absolute atomic E-state index is 0.160. The summed E-state index contributed by atoms with van der Waals surface area (Å²) in [5.41, 5.74) is 1.42. The molecule has 1 saturated heterocycles. The van der Waals surface area contributed by atoms with Gasteiger partial charge in [-0.1, -0.05) is 12.1 Å². The summed E-state index contributed by atoms with van der Waals surface area (Å²) in [4.78, 5) is 21.1. The second-order valence-electron chi connectivity index (χ2n) is 7.50. The Bertz CT molecular complexity index is 1180. The minimum atomic E-state index is -0.469. The van der Waals surface area contributed by atoms with Crippen LogP contribution in [0.3, 0.4) is 0 Å². The third-order valence-corrected chi connectivity index (χ3v) is 5.40. The molecule has 2 amide bonds. The van der Waals surface area contributed by atoms with Gasteiger partial charge >= 0.3 is 6.03 Å². The third kappa shape index (κ3) is 4.57. The van der Waals surface area contributed by atoms with Gasteiger partial charge in [-0.25, -0.2) is 14.2 Å². The highest BCUT2D eigenvalue weighted by atomic mass is 19.1. The molecule has 4 rings (SSSR count). The number of carbonyl (C=O) groups is 1. The van der Waals surface area contributed by atoms with Crippen molar-refractivity contribution in [1.29, 1.82) is 5.26 Å². The van der Waals surface area contributed by atoms with Gasteiger partial charge in [-0.15, -0.1) is 0 Å². The van der Waals surface area contributed by atoms with Crippen molar-refractivity contribution in [2.45, 2.75) is 13.3 Å². The second kappa shape index (κ2) is 9.52. The number of urea groups is 1. The SMILES string of the molecule is CCOc1ccc2nc(N3CCCN(C(=O)Nc4ccccc4F)CC3)c(C#N)cc2c1. The molecule has 1 N–H and O–H groups in total. The number of pyridine rings is 1. The summed E-state index contributed by atoms with van der Waals surface area (Å²) in [6.07, 6.45) is 0.707. The van der Waals surface area contributed by atoms with Crippen molar-refractivity contribution in [1.82, 2.24) is 9.88 Å². The summed E-state index contributed by atoms with van der Waals surface area (Å²) in [7, 11) is 0. The summed E-state index contributed by atoms with van der Waals surface area (Å²) >= 11 is 0. The predicted octanol–water partition coefficient (Wildman–Crippen LogP) is 4.39. The van der Waals surface area contributed by atoms with E-state index in [1.807, 2.05) is 36.1 Å². The first-order valence-corrected chi connectivity index (χ1v) is 10.6. The Hall–Kier alpha value is -3.86. The molecule has 8 heteroatoms. The van der Waals surface area contributed by atoms with Crippen LogP contribution >= 0.6 is 0 Å². The van der Waals surface area contributed by atoms with Gasteiger partial charge in [-0.05, 0) is 49.7 Å². The van der Waals surface area contributed by atoms with Gasteiger partial charge in [-0.2, -0.15) is 5.26 Å². The zero-order valence-corrected chi connectivity index (χ0v) is 17.8. The smallest absolute Gasteiger partial charge is 0.321 e. The van der Waals surface area contributed by atoms with E-state index in [9.17, 15) is 14.4 Å². The molecule has 0 atom stereocenters. The van der Waals surface area contributed by atoms with Gasteiger partial charge in [0.25, 0.3) is 0 Å². The average Bonchev–Trinajstić information content (AvgIpc) is 3.06. The lowest BCUT2D eigenvalue weighted by Gasteiger charge is -2.24. The van der Waals surface area contributed by atoms with Gasteiger partial charge in [0.1, 0.15) is 23.5 Å². The minimum Gasteiger partial charge on any atom is -0.494 e. The number of amides is 2. The van der Waals surface area contributed by atoms with E-state index in [4.69, 9.17) is 9.72 Å². The fraction of sp³-hybridized carbons (Fsp3) is 0.292. The van der Waals surface area contributed by atoms with E-state index >= 15 is 0 Å². The van der Waals surface area contributed by atoms with E-state index < -0.39 is 5.82 Å². The number of ether oxygens (including phenoxy) is 1. The predicted molar refractivity (Wildman–Crippen MR) is 121 cm³/mol. The topological polar surface area (TPSA) is 81.5 Å². The standard InChI is InChI=1S/C24H24FN5O2/c1-2-32-19-8-9-21-17(15-19)14-18(16-26)23(27-21)29-10-5-11-30(13-12-29)24(31)28-22-7-4-3-6-20(22)25/h3-4,6-9,14-15H,2,5,10-13H2,1H3,(H,28,31). The maximum atomic E-state index is 13.9. The van der Waals surface area contributed by atoms with E-state index in [0.717, 1.165) is 16.7 Å². The van der Waals surface area contributed by atoms with Gasteiger partial charge in [0, 0.05) is 31.6 Å². The highest BCUT2D eigenvalue weighted by molar-refractivity contribution is 5.89. The van der Waals surface area contributed by atoms with Crippen LogP contribution < -0.4 is 15.0 Å². The number of para-hydroxylation sites is 1. The van der Waals surface area contributed by atoms with Gasteiger partial charge in [-0.3, -0.25) is 0 Å². The van der Waals surface area contributed by atoms with Crippen LogP contribution in [0.25, 0.3) is 10.9 Å². The number of hydrogen-bond acceptors (Lipinski definition) is 5. The molecule has 0 aliphatic carbocycles. The maximum absolute atomic E-state index is 13.9. The Kier molecular flexibility index (Phi) is 6.36. The van der Waals surface area contributed by atoms with Crippen LogP contribution in [-0.4, -0.2) is 48.7 Å². The van der Waals surface area contributed by atoms with Crippen molar-refractivity contribution < 1.29 is 13.9 Å². The van der Waals surface area contributed by atoms with Gasteiger partial charge < -0.3 is 19.9 Å². The Morgan fingerprint density at radius 1 is 1.19 bits per heavy atom. The van der Waals surface area contributed by atoms with Crippen LogP contribution in [0.2, 0.25) is 0 Å². The van der Waals surface area contributed by atoms with Crippen LogP contribution in [0, 0.1) is 17.1 Å². The number of benzene rings is 2. The first kappa shape index (κ1) is 21.4. The van der Waals surface area contributed by atoms with Crippen molar-refractivity contribution in [3.8, 4) is 11.8 Å². The van der Waals surface area contributed by atoms with E-state index in [1.165, 1.54) is 12.1 Å². The number of rotatable bonds is 4. The zero-order valence-electron chi connectivity index (χ0n) is 17.8. The molecule has 1 aromatic heterocycles. The molecule has 7 nitrogen and oxygen atoms in total. The Balaban J connectivity index is 1.51. The van der Waals surface area contributed by atoms with E-state index in [0.29, 0.717) is 50.6 Å². The molecule has 32 heavy (non-hydrogen) atoms. The lowest BCUT2D eigenvalue weighted by Crippen LogP contribution is -2.38. The summed E-state index contributed by atoms with van der Waals surface area (Å²) < 4.78 is 19.4. The molecule has 0 radical (unpaired) electrons. The van der Waals surface area contributed by atoms with Crippen molar-refractivity contribution >= 4 is 28.4 Å². The van der Waals surface area contributed by atoms with E-state index in [2.05, 4.69) is 11.4 Å². The Morgan fingerprint density at radius 2 is 2.03 bits per heavy atom. The normalized spacial score (nSPS) is 14.0. The number of carbonyl (C=O) groups excluding carboxylic acids is 1. The number of nitrogens with zero attached hydrogens (tertiary/aromatic N) is 4. The molecule has 3 aromatic rings. The molecule has 2 aromatic carbocycles. The van der Waals surface area contributed by atoms with Crippen LogP contribution in [0.15, 0.2) is 48.5 Å². The third-order valence-electron chi connectivity index (χ3n) is 5.40. The lowest BCUT2D eigenvalue weighted by molar-refractivity contribution is 0.215. The number of nitriles is 1. The van der Waals surface area contributed by atoms with E-state index in [-0.39, 0.29) is 11.7 Å². The zero-order chi connectivity index (χ0) is 22.5. The first-order valence-electron chi connectivity index (χ1n) is 10.6. The van der Waals surface area contributed by atoms with Gasteiger partial charge in [0.15, 0.2) is 0 Å². The molecule has 1 fully saturated rings. The molecule has 0 saturated carbocycles. The fourth-order valence-electron chi connectivity index (χ4n) is 3.81. The van der Waals surface area contributed by atoms with Crippen molar-refractivity contribution in [3.05, 3.63) is 59.9 Å². The van der Waals surface area contributed by atoms with Gasteiger partial charge in [0.05, 0.1) is 23.4 Å². The van der Waals surface area contributed by atoms with Crippen LogP contribution in [0.1, 0.15) is 18.9 Å². The molecule has 0 spiro atoms. The molecule has 0 bridgehead atoms. The number of fused-ring (bicyclic) bond motifs is 1. The summed E-state index contributed by atoms with van der Waals surface area (Å²) in [6, 6.07) is 15.5. The van der Waals surface area contributed by atoms with Crippen molar-refractivity contribution in [3.63, 3.8) is 0 Å².